The molecule has 2 heterocycles. The first kappa shape index (κ1) is 23.3. The van der Waals surface area contributed by atoms with E-state index in [1.165, 1.54) is 30.5 Å². The maximum absolute atomic E-state index is 12.1. The smallest absolute Gasteiger partial charge is 0.279 e. The standard InChI is InChI=1S/C23H26ClN5O3S/c1-16(28-22(30)3-2-10-29-15-25-14-27-29)4-8-19-12-26-23(33-19)32-21-9-7-18(11-20(21)24)31-13-17-5-6-17/h4,7-9,11-12,14-17H,2-3,5-6,10,13H2,1H3,(H,28,30)/t16-/m0/s1. The number of thiazole rings is 1. The average Bonchev–Trinajstić information content (AvgIpc) is 3.27. The summed E-state index contributed by atoms with van der Waals surface area (Å²) in [6.07, 6.45) is 12.3. The van der Waals surface area contributed by atoms with Crippen LogP contribution in [0.2, 0.25) is 5.02 Å². The van der Waals surface area contributed by atoms with Crippen LogP contribution in [-0.2, 0) is 11.3 Å². The number of nitrogens with one attached hydrogen (secondary N) is 1. The number of ether oxygens (including phenoxy) is 2. The van der Waals surface area contributed by atoms with Crippen molar-refractivity contribution in [3.8, 4) is 16.7 Å². The molecule has 0 aliphatic heterocycles. The van der Waals surface area contributed by atoms with Crippen molar-refractivity contribution in [3.05, 3.63) is 53.0 Å². The predicted octanol–water partition coefficient (Wildman–Crippen LogP) is 4.97. The molecule has 8 nitrogen and oxygen atoms in total. The first-order valence-corrected chi connectivity index (χ1v) is 12.1. The van der Waals surface area contributed by atoms with Crippen molar-refractivity contribution in [2.45, 2.75) is 45.2 Å². The summed E-state index contributed by atoms with van der Waals surface area (Å²) in [7, 11) is 0. The highest BCUT2D eigenvalue weighted by atomic mass is 35.5. The molecule has 2 aromatic heterocycles. The van der Waals surface area contributed by atoms with Crippen LogP contribution in [0.4, 0.5) is 0 Å². The van der Waals surface area contributed by atoms with Gasteiger partial charge in [0.15, 0.2) is 0 Å². The van der Waals surface area contributed by atoms with Gasteiger partial charge < -0.3 is 14.8 Å². The summed E-state index contributed by atoms with van der Waals surface area (Å²) in [6.45, 7) is 3.33. The normalized spacial score (nSPS) is 14.4. The van der Waals surface area contributed by atoms with Gasteiger partial charge in [0.1, 0.15) is 24.2 Å². The number of carbonyl (C=O) groups is 1. The third kappa shape index (κ3) is 7.57. The Kier molecular flexibility index (Phi) is 7.96. The molecule has 0 saturated heterocycles. The van der Waals surface area contributed by atoms with Crippen molar-refractivity contribution in [2.24, 2.45) is 5.92 Å². The van der Waals surface area contributed by atoms with Gasteiger partial charge in [-0.1, -0.05) is 29.0 Å². The molecule has 10 heteroatoms. The van der Waals surface area contributed by atoms with Gasteiger partial charge >= 0.3 is 0 Å². The second kappa shape index (κ2) is 11.3. The Morgan fingerprint density at radius 1 is 1.42 bits per heavy atom. The average molecular weight is 488 g/mol. The minimum absolute atomic E-state index is 0.000193. The van der Waals surface area contributed by atoms with Crippen LogP contribution in [-0.4, -0.2) is 38.3 Å². The van der Waals surface area contributed by atoms with Crippen molar-refractivity contribution in [1.29, 1.82) is 0 Å². The van der Waals surface area contributed by atoms with E-state index in [1.54, 1.807) is 29.3 Å². The molecule has 33 heavy (non-hydrogen) atoms. The van der Waals surface area contributed by atoms with E-state index in [0.29, 0.717) is 41.3 Å². The highest BCUT2D eigenvalue weighted by molar-refractivity contribution is 7.14. The zero-order valence-electron chi connectivity index (χ0n) is 18.3. The molecule has 1 amide bonds. The van der Waals surface area contributed by atoms with Gasteiger partial charge in [0.2, 0.25) is 5.91 Å². The zero-order chi connectivity index (χ0) is 23.0. The fourth-order valence-corrected chi connectivity index (χ4v) is 3.90. The van der Waals surface area contributed by atoms with Crippen LogP contribution in [0, 0.1) is 5.92 Å². The lowest BCUT2D eigenvalue weighted by molar-refractivity contribution is -0.121. The van der Waals surface area contributed by atoms with Gasteiger partial charge in [0, 0.05) is 31.3 Å². The Balaban J connectivity index is 1.21. The number of hydrogen-bond donors (Lipinski definition) is 1. The number of halogens is 1. The van der Waals surface area contributed by atoms with Gasteiger partial charge in [0.25, 0.3) is 5.19 Å². The first-order chi connectivity index (χ1) is 16.0. The van der Waals surface area contributed by atoms with E-state index in [-0.39, 0.29) is 11.9 Å². The van der Waals surface area contributed by atoms with Gasteiger partial charge in [-0.15, -0.1) is 0 Å². The lowest BCUT2D eigenvalue weighted by atomic mass is 10.2. The van der Waals surface area contributed by atoms with E-state index in [2.05, 4.69) is 20.4 Å². The van der Waals surface area contributed by atoms with Crippen LogP contribution < -0.4 is 14.8 Å². The number of amides is 1. The Labute approximate surface area is 201 Å². The lowest BCUT2D eigenvalue weighted by Gasteiger charge is -2.09. The Morgan fingerprint density at radius 2 is 2.30 bits per heavy atom. The molecule has 1 aliphatic carbocycles. The van der Waals surface area contributed by atoms with Crippen LogP contribution in [0.1, 0.15) is 37.5 Å². The molecule has 174 valence electrons. The lowest BCUT2D eigenvalue weighted by Crippen LogP contribution is -2.30. The number of carbonyl (C=O) groups excluding carboxylic acids is 1. The number of benzene rings is 1. The zero-order valence-corrected chi connectivity index (χ0v) is 19.9. The topological polar surface area (TPSA) is 91.2 Å². The summed E-state index contributed by atoms with van der Waals surface area (Å²) in [6, 6.07) is 5.31. The van der Waals surface area contributed by atoms with Crippen LogP contribution in [0.3, 0.4) is 0 Å². The van der Waals surface area contributed by atoms with Crippen molar-refractivity contribution in [1.82, 2.24) is 25.1 Å². The minimum Gasteiger partial charge on any atom is -0.493 e. The van der Waals surface area contributed by atoms with E-state index < -0.39 is 0 Å². The molecule has 0 unspecified atom stereocenters. The van der Waals surface area contributed by atoms with Crippen molar-refractivity contribution in [2.75, 3.05) is 6.61 Å². The maximum Gasteiger partial charge on any atom is 0.279 e. The molecule has 1 fully saturated rings. The van der Waals surface area contributed by atoms with Crippen LogP contribution >= 0.6 is 22.9 Å². The first-order valence-electron chi connectivity index (χ1n) is 10.9. The van der Waals surface area contributed by atoms with Crippen molar-refractivity contribution < 1.29 is 14.3 Å². The summed E-state index contributed by atoms with van der Waals surface area (Å²) in [4.78, 5) is 21.2. The highest BCUT2D eigenvalue weighted by Gasteiger charge is 2.22. The Morgan fingerprint density at radius 3 is 3.06 bits per heavy atom. The van der Waals surface area contributed by atoms with E-state index in [4.69, 9.17) is 21.1 Å². The Hall–Kier alpha value is -2.91. The summed E-state index contributed by atoms with van der Waals surface area (Å²) >= 11 is 7.74. The minimum atomic E-state index is -0.104. The molecule has 4 rings (SSSR count). The molecule has 1 N–H and O–H groups in total. The number of nitrogens with zero attached hydrogens (tertiary/aromatic N) is 4. The second-order valence-corrected chi connectivity index (χ2v) is 9.39. The summed E-state index contributed by atoms with van der Waals surface area (Å²) in [5, 5.41) is 7.96. The van der Waals surface area contributed by atoms with E-state index in [1.807, 2.05) is 25.1 Å². The molecule has 1 atom stereocenters. The molecule has 3 aromatic rings. The summed E-state index contributed by atoms with van der Waals surface area (Å²) in [5.74, 6) is 1.96. The summed E-state index contributed by atoms with van der Waals surface area (Å²) < 4.78 is 13.3. The van der Waals surface area contributed by atoms with Crippen LogP contribution in [0.15, 0.2) is 43.1 Å². The fourth-order valence-electron chi connectivity index (χ4n) is 3.00. The highest BCUT2D eigenvalue weighted by Crippen LogP contribution is 2.35. The van der Waals surface area contributed by atoms with Gasteiger partial charge in [-0.25, -0.2) is 9.97 Å². The number of aromatic nitrogens is 4. The molecule has 1 aromatic carbocycles. The fraction of sp³-hybridized carbons (Fsp3) is 0.391. The third-order valence-electron chi connectivity index (χ3n) is 4.98. The van der Waals surface area contributed by atoms with E-state index in [0.717, 1.165) is 17.2 Å². The SMILES string of the molecule is C[C@@H](C=Cc1cnc(Oc2ccc(OCC3CC3)cc2Cl)s1)NC(=O)CCCn1cncn1. The maximum atomic E-state index is 12.1. The second-order valence-electron chi connectivity index (χ2n) is 7.95. The predicted molar refractivity (Wildman–Crippen MR) is 128 cm³/mol. The van der Waals surface area contributed by atoms with Crippen molar-refractivity contribution in [3.63, 3.8) is 0 Å². The largest absolute Gasteiger partial charge is 0.493 e. The van der Waals surface area contributed by atoms with Gasteiger partial charge in [0.05, 0.1) is 16.5 Å². The van der Waals surface area contributed by atoms with Crippen molar-refractivity contribution >= 4 is 34.9 Å². The van der Waals surface area contributed by atoms with Crippen LogP contribution in [0.25, 0.3) is 6.08 Å². The molecule has 1 aliphatic rings. The van der Waals surface area contributed by atoms with Gasteiger partial charge in [-0.3, -0.25) is 9.48 Å². The molecule has 0 bridgehead atoms. The number of rotatable bonds is 12. The monoisotopic (exact) mass is 487 g/mol. The molecular weight excluding hydrogens is 462 g/mol. The molecule has 0 radical (unpaired) electrons. The number of hydrogen-bond acceptors (Lipinski definition) is 7. The Bertz CT molecular complexity index is 1080. The third-order valence-corrected chi connectivity index (χ3v) is 6.12. The summed E-state index contributed by atoms with van der Waals surface area (Å²) in [5.41, 5.74) is 0. The van der Waals surface area contributed by atoms with Crippen LogP contribution in [0.5, 0.6) is 16.7 Å². The molecule has 0 spiro atoms. The van der Waals surface area contributed by atoms with Gasteiger partial charge in [-0.2, -0.15) is 5.10 Å². The quantitative estimate of drug-likeness (QED) is 0.388. The molecule has 1 saturated carbocycles. The van der Waals surface area contributed by atoms with E-state index in [9.17, 15) is 4.79 Å². The van der Waals surface area contributed by atoms with E-state index >= 15 is 0 Å². The molecular formula is C23H26ClN5O3S. The number of aryl methyl sites for hydroxylation is 1. The van der Waals surface area contributed by atoms with Gasteiger partial charge in [-0.05, 0) is 50.3 Å².